The van der Waals surface area contributed by atoms with Crippen molar-refractivity contribution in [1.29, 1.82) is 0 Å². The van der Waals surface area contributed by atoms with Gasteiger partial charge in [-0.2, -0.15) is 0 Å². The Kier molecular flexibility index (Phi) is 5.26. The van der Waals surface area contributed by atoms with E-state index in [1.807, 2.05) is 12.1 Å². The number of hydrogen-bond donors (Lipinski definition) is 1. The van der Waals surface area contributed by atoms with Gasteiger partial charge in [-0.3, -0.25) is 0 Å². The van der Waals surface area contributed by atoms with Crippen LogP contribution in [0.1, 0.15) is 11.1 Å². The molecule has 2 rings (SSSR count). The van der Waals surface area contributed by atoms with Crippen LogP contribution in [0.3, 0.4) is 0 Å². The molecule has 0 radical (unpaired) electrons. The van der Waals surface area contributed by atoms with E-state index < -0.39 is 5.97 Å². The van der Waals surface area contributed by atoms with Gasteiger partial charge in [0, 0.05) is 16.7 Å². The zero-order valence-corrected chi connectivity index (χ0v) is 12.4. The van der Waals surface area contributed by atoms with Crippen LogP contribution >= 0.6 is 23.2 Å². The van der Waals surface area contributed by atoms with Crippen molar-refractivity contribution in [3.05, 3.63) is 69.7 Å². The number of carboxylic acid groups (broad SMARTS) is 1. The van der Waals surface area contributed by atoms with Gasteiger partial charge in [0.15, 0.2) is 0 Å². The van der Waals surface area contributed by atoms with E-state index in [0.29, 0.717) is 28.0 Å². The molecule has 0 heterocycles. The number of halogens is 2. The number of aliphatic carboxylic acids is 1. The molecule has 108 valence electrons. The second kappa shape index (κ2) is 7.16. The summed E-state index contributed by atoms with van der Waals surface area (Å²) in [6, 6.07) is 12.4. The first-order valence-electron chi connectivity index (χ1n) is 6.13. The van der Waals surface area contributed by atoms with Crippen molar-refractivity contribution in [2.75, 3.05) is 0 Å². The predicted octanol–water partition coefficient (Wildman–Crippen LogP) is 4.67. The first-order chi connectivity index (χ1) is 10.1. The molecule has 2 aromatic carbocycles. The van der Waals surface area contributed by atoms with Gasteiger partial charge in [-0.15, -0.1) is 0 Å². The van der Waals surface area contributed by atoms with Gasteiger partial charge in [0.25, 0.3) is 0 Å². The molecule has 0 unspecified atom stereocenters. The molecule has 0 spiro atoms. The van der Waals surface area contributed by atoms with Gasteiger partial charge < -0.3 is 9.84 Å². The Morgan fingerprint density at radius 1 is 1.14 bits per heavy atom. The van der Waals surface area contributed by atoms with Gasteiger partial charge in [0.2, 0.25) is 0 Å². The number of carboxylic acids is 1. The second-order valence-corrected chi connectivity index (χ2v) is 5.08. The first-order valence-corrected chi connectivity index (χ1v) is 6.88. The van der Waals surface area contributed by atoms with E-state index in [-0.39, 0.29) is 0 Å². The summed E-state index contributed by atoms with van der Waals surface area (Å²) in [5, 5.41) is 9.80. The summed E-state index contributed by atoms with van der Waals surface area (Å²) in [6.45, 7) is 0.339. The molecule has 0 aliphatic carbocycles. The molecule has 0 bridgehead atoms. The summed E-state index contributed by atoms with van der Waals surface area (Å²) in [5.41, 5.74) is 1.49. The summed E-state index contributed by atoms with van der Waals surface area (Å²) in [5.74, 6) is -0.520. The van der Waals surface area contributed by atoms with E-state index in [2.05, 4.69) is 0 Å². The maximum atomic E-state index is 10.6. The van der Waals surface area contributed by atoms with Gasteiger partial charge in [-0.05, 0) is 35.9 Å². The minimum Gasteiger partial charge on any atom is -0.488 e. The zero-order chi connectivity index (χ0) is 15.2. The molecule has 21 heavy (non-hydrogen) atoms. The van der Waals surface area contributed by atoms with Crippen LogP contribution in [0, 0.1) is 0 Å². The highest BCUT2D eigenvalue weighted by Gasteiger charge is 2.06. The lowest BCUT2D eigenvalue weighted by Crippen LogP contribution is -1.97. The summed E-state index contributed by atoms with van der Waals surface area (Å²) in [7, 11) is 0. The number of ether oxygens (including phenoxy) is 1. The normalized spacial score (nSPS) is 10.8. The van der Waals surface area contributed by atoms with Crippen LogP contribution in [0.5, 0.6) is 5.75 Å². The van der Waals surface area contributed by atoms with E-state index in [9.17, 15) is 4.79 Å². The molecule has 0 aliphatic heterocycles. The highest BCUT2D eigenvalue weighted by atomic mass is 35.5. The number of rotatable bonds is 5. The number of hydrogen-bond acceptors (Lipinski definition) is 2. The minimum atomic E-state index is -1.04. The number of carbonyl (C=O) groups is 1. The molecule has 2 aromatic rings. The molecule has 0 aliphatic rings. The molecule has 0 atom stereocenters. The van der Waals surface area contributed by atoms with Gasteiger partial charge in [0.1, 0.15) is 12.4 Å². The first kappa shape index (κ1) is 15.4. The van der Waals surface area contributed by atoms with Crippen molar-refractivity contribution in [3.63, 3.8) is 0 Å². The summed E-state index contributed by atoms with van der Waals surface area (Å²) in [4.78, 5) is 10.6. The zero-order valence-electron chi connectivity index (χ0n) is 10.9. The predicted molar refractivity (Wildman–Crippen MR) is 83.9 cm³/mol. The van der Waals surface area contributed by atoms with E-state index in [4.69, 9.17) is 33.0 Å². The van der Waals surface area contributed by atoms with Gasteiger partial charge in [-0.1, -0.05) is 41.4 Å². The highest BCUT2D eigenvalue weighted by molar-refractivity contribution is 6.32. The fourth-order valence-corrected chi connectivity index (χ4v) is 2.06. The Bertz CT molecular complexity index is 664. The second-order valence-electron chi connectivity index (χ2n) is 4.24. The SMILES string of the molecule is O=C(O)/C=C/c1c(Cl)cccc1OCc1ccc(Cl)cc1. The summed E-state index contributed by atoms with van der Waals surface area (Å²) < 4.78 is 5.70. The van der Waals surface area contributed by atoms with Crippen molar-refractivity contribution in [1.82, 2.24) is 0 Å². The molecular weight excluding hydrogens is 311 g/mol. The van der Waals surface area contributed by atoms with Crippen molar-refractivity contribution >= 4 is 35.2 Å². The van der Waals surface area contributed by atoms with Crippen LogP contribution in [0.25, 0.3) is 6.08 Å². The van der Waals surface area contributed by atoms with E-state index in [0.717, 1.165) is 11.6 Å². The molecule has 0 fully saturated rings. The molecule has 5 heteroatoms. The van der Waals surface area contributed by atoms with Gasteiger partial charge in [-0.25, -0.2) is 4.79 Å². The lowest BCUT2D eigenvalue weighted by molar-refractivity contribution is -0.131. The molecule has 0 saturated carbocycles. The molecule has 1 N–H and O–H groups in total. The van der Waals surface area contributed by atoms with Crippen LogP contribution in [0.2, 0.25) is 10.0 Å². The largest absolute Gasteiger partial charge is 0.488 e. The maximum Gasteiger partial charge on any atom is 0.328 e. The monoisotopic (exact) mass is 322 g/mol. The van der Waals surface area contributed by atoms with Crippen LogP contribution in [-0.2, 0) is 11.4 Å². The molecule has 0 aromatic heterocycles. The van der Waals surface area contributed by atoms with E-state index >= 15 is 0 Å². The highest BCUT2D eigenvalue weighted by Crippen LogP contribution is 2.28. The van der Waals surface area contributed by atoms with Crippen molar-refractivity contribution in [2.45, 2.75) is 6.61 Å². The van der Waals surface area contributed by atoms with Gasteiger partial charge >= 0.3 is 5.97 Å². The third-order valence-corrected chi connectivity index (χ3v) is 3.29. The van der Waals surface area contributed by atoms with E-state index in [1.165, 1.54) is 6.08 Å². The lowest BCUT2D eigenvalue weighted by Gasteiger charge is -2.10. The van der Waals surface area contributed by atoms with Crippen LogP contribution < -0.4 is 4.74 Å². The smallest absolute Gasteiger partial charge is 0.328 e. The summed E-state index contributed by atoms with van der Waals surface area (Å²) >= 11 is 11.9. The quantitative estimate of drug-likeness (QED) is 0.813. The van der Waals surface area contributed by atoms with E-state index in [1.54, 1.807) is 30.3 Å². The molecule has 3 nitrogen and oxygen atoms in total. The topological polar surface area (TPSA) is 46.5 Å². The van der Waals surface area contributed by atoms with Crippen molar-refractivity contribution in [2.24, 2.45) is 0 Å². The third kappa shape index (κ3) is 4.52. The van der Waals surface area contributed by atoms with Crippen LogP contribution in [0.4, 0.5) is 0 Å². The number of benzene rings is 2. The lowest BCUT2D eigenvalue weighted by atomic mass is 10.2. The Hall–Kier alpha value is -1.97. The van der Waals surface area contributed by atoms with Crippen molar-refractivity contribution in [3.8, 4) is 5.75 Å². The Labute approximate surface area is 132 Å². The Balaban J connectivity index is 2.17. The average Bonchev–Trinajstić information content (AvgIpc) is 2.45. The molecule has 0 saturated heterocycles. The third-order valence-electron chi connectivity index (χ3n) is 2.71. The maximum absolute atomic E-state index is 10.6. The fourth-order valence-electron chi connectivity index (χ4n) is 1.70. The van der Waals surface area contributed by atoms with Crippen LogP contribution in [0.15, 0.2) is 48.5 Å². The van der Waals surface area contributed by atoms with Gasteiger partial charge in [0.05, 0.1) is 5.02 Å². The molecule has 0 amide bonds. The minimum absolute atomic E-state index is 0.339. The fraction of sp³-hybridized carbons (Fsp3) is 0.0625. The Morgan fingerprint density at radius 2 is 1.86 bits per heavy atom. The molecular formula is C16H12Cl2O3. The van der Waals surface area contributed by atoms with Crippen molar-refractivity contribution < 1.29 is 14.6 Å². The Morgan fingerprint density at radius 3 is 2.52 bits per heavy atom. The average molecular weight is 323 g/mol. The standard InChI is InChI=1S/C16H12Cl2O3/c17-12-6-4-11(5-7-12)10-21-15-3-1-2-14(18)13(15)8-9-16(19)20/h1-9H,10H2,(H,19,20)/b9-8+. The van der Waals surface area contributed by atoms with Crippen LogP contribution in [-0.4, -0.2) is 11.1 Å². The summed E-state index contributed by atoms with van der Waals surface area (Å²) in [6.07, 6.45) is 2.44.